The summed E-state index contributed by atoms with van der Waals surface area (Å²) >= 11 is 1.98. The number of hydrogen-bond donors (Lipinski definition) is 0. The minimum atomic E-state index is 1.02. The first-order valence-electron chi connectivity index (χ1n) is 9.99. The fraction of sp³-hybridized carbons (Fsp3) is 0.280. The highest BCUT2D eigenvalue weighted by Crippen LogP contribution is 2.47. The van der Waals surface area contributed by atoms with Gasteiger partial charge >= 0.3 is 0 Å². The van der Waals surface area contributed by atoms with E-state index >= 15 is 0 Å². The maximum absolute atomic E-state index is 2.48. The zero-order valence-corrected chi connectivity index (χ0v) is 17.1. The molecule has 0 bridgehead atoms. The van der Waals surface area contributed by atoms with E-state index in [-0.39, 0.29) is 0 Å². The molecule has 2 heterocycles. The first kappa shape index (κ1) is 16.8. The average Bonchev–Trinajstić information content (AvgIpc) is 3.35. The standard InChI is InChI=1S/C25H25NS/c1-4-26-17(3)24(21-11-5-7-14-22(21)26)19-12-9-13-20(19)25-16(2)18-10-6-8-15-23(18)27-25/h5-8,10-11,14-15H,4,9,12-13H2,1-3H3. The van der Waals surface area contributed by atoms with Crippen molar-refractivity contribution in [3.63, 3.8) is 0 Å². The van der Waals surface area contributed by atoms with Crippen molar-refractivity contribution in [3.8, 4) is 0 Å². The van der Waals surface area contributed by atoms with Crippen molar-refractivity contribution in [2.24, 2.45) is 0 Å². The summed E-state index contributed by atoms with van der Waals surface area (Å²) in [5.41, 5.74) is 8.94. The van der Waals surface area contributed by atoms with Crippen LogP contribution in [0.25, 0.3) is 32.1 Å². The summed E-state index contributed by atoms with van der Waals surface area (Å²) in [5, 5.41) is 2.84. The van der Waals surface area contributed by atoms with Crippen LogP contribution in [0.15, 0.2) is 48.5 Å². The van der Waals surface area contributed by atoms with Crippen molar-refractivity contribution in [1.82, 2.24) is 4.57 Å². The third kappa shape index (κ3) is 2.43. The van der Waals surface area contributed by atoms with Crippen LogP contribution in [-0.2, 0) is 6.54 Å². The zero-order valence-electron chi connectivity index (χ0n) is 16.3. The molecule has 0 atom stereocenters. The van der Waals surface area contributed by atoms with Crippen molar-refractivity contribution in [1.29, 1.82) is 0 Å². The fourth-order valence-electron chi connectivity index (χ4n) is 4.95. The van der Waals surface area contributed by atoms with Gasteiger partial charge in [0.15, 0.2) is 0 Å². The molecule has 1 aliphatic rings. The summed E-state index contributed by atoms with van der Waals surface area (Å²) in [6.45, 7) is 7.89. The smallest absolute Gasteiger partial charge is 0.0488 e. The molecule has 0 radical (unpaired) electrons. The number of rotatable bonds is 3. The Labute approximate surface area is 165 Å². The Kier molecular flexibility index (Phi) is 3.98. The van der Waals surface area contributed by atoms with Crippen LogP contribution in [0.4, 0.5) is 0 Å². The topological polar surface area (TPSA) is 4.93 Å². The maximum Gasteiger partial charge on any atom is 0.0488 e. The number of para-hydroxylation sites is 1. The molecule has 0 amide bonds. The van der Waals surface area contributed by atoms with Gasteiger partial charge < -0.3 is 4.57 Å². The number of aromatic nitrogens is 1. The molecular weight excluding hydrogens is 346 g/mol. The molecule has 0 fully saturated rings. The Morgan fingerprint density at radius 1 is 0.889 bits per heavy atom. The molecule has 4 aromatic rings. The maximum atomic E-state index is 2.48. The van der Waals surface area contributed by atoms with E-state index in [2.05, 4.69) is 73.9 Å². The number of benzene rings is 2. The highest BCUT2D eigenvalue weighted by molar-refractivity contribution is 7.20. The molecule has 0 saturated heterocycles. The van der Waals surface area contributed by atoms with Crippen LogP contribution in [0.5, 0.6) is 0 Å². The lowest BCUT2D eigenvalue weighted by atomic mass is 9.97. The fourth-order valence-corrected chi connectivity index (χ4v) is 6.26. The first-order chi connectivity index (χ1) is 13.2. The van der Waals surface area contributed by atoms with Crippen LogP contribution in [0, 0.1) is 13.8 Å². The van der Waals surface area contributed by atoms with Gasteiger partial charge in [0, 0.05) is 38.3 Å². The summed E-state index contributed by atoms with van der Waals surface area (Å²) in [7, 11) is 0. The van der Waals surface area contributed by atoms with Crippen LogP contribution in [0.1, 0.15) is 47.9 Å². The zero-order chi connectivity index (χ0) is 18.5. The molecule has 0 N–H and O–H groups in total. The van der Waals surface area contributed by atoms with Crippen molar-refractivity contribution in [3.05, 3.63) is 70.2 Å². The van der Waals surface area contributed by atoms with Gasteiger partial charge in [-0.25, -0.2) is 0 Å². The molecule has 136 valence electrons. The highest BCUT2D eigenvalue weighted by Gasteiger charge is 2.25. The van der Waals surface area contributed by atoms with Gasteiger partial charge in [-0.2, -0.15) is 0 Å². The van der Waals surface area contributed by atoms with E-state index in [0.717, 1.165) is 6.54 Å². The lowest BCUT2D eigenvalue weighted by molar-refractivity contribution is 0.768. The molecule has 2 heteroatoms. The molecule has 0 unspecified atom stereocenters. The molecule has 0 aliphatic heterocycles. The van der Waals surface area contributed by atoms with Gasteiger partial charge in [0.1, 0.15) is 0 Å². The molecule has 5 rings (SSSR count). The molecule has 1 aliphatic carbocycles. The summed E-state index contributed by atoms with van der Waals surface area (Å²) in [5.74, 6) is 0. The Morgan fingerprint density at radius 3 is 2.37 bits per heavy atom. The second-order valence-corrected chi connectivity index (χ2v) is 8.64. The molecule has 2 aromatic carbocycles. The Bertz CT molecular complexity index is 1200. The van der Waals surface area contributed by atoms with Crippen LogP contribution in [-0.4, -0.2) is 4.57 Å². The van der Waals surface area contributed by atoms with E-state index < -0.39 is 0 Å². The largest absolute Gasteiger partial charge is 0.345 e. The Balaban J connectivity index is 1.80. The van der Waals surface area contributed by atoms with E-state index in [4.69, 9.17) is 0 Å². The van der Waals surface area contributed by atoms with Crippen LogP contribution >= 0.6 is 11.3 Å². The number of nitrogens with zero attached hydrogens (tertiary/aromatic N) is 1. The lowest BCUT2D eigenvalue weighted by Crippen LogP contribution is -1.97. The summed E-state index contributed by atoms with van der Waals surface area (Å²) in [6, 6.07) is 17.8. The summed E-state index contributed by atoms with van der Waals surface area (Å²) in [6.07, 6.45) is 3.67. The van der Waals surface area contributed by atoms with Gasteiger partial charge in [-0.15, -0.1) is 11.3 Å². The monoisotopic (exact) mass is 371 g/mol. The quantitative estimate of drug-likeness (QED) is 0.349. The number of allylic oxidation sites excluding steroid dienone is 2. The van der Waals surface area contributed by atoms with Crippen LogP contribution in [0.3, 0.4) is 0 Å². The van der Waals surface area contributed by atoms with Crippen molar-refractivity contribution < 1.29 is 0 Å². The minimum absolute atomic E-state index is 1.02. The van der Waals surface area contributed by atoms with Crippen LogP contribution < -0.4 is 0 Å². The van der Waals surface area contributed by atoms with Gasteiger partial charge in [0.25, 0.3) is 0 Å². The number of aryl methyl sites for hydroxylation is 2. The van der Waals surface area contributed by atoms with Crippen LogP contribution in [0.2, 0.25) is 0 Å². The first-order valence-corrected chi connectivity index (χ1v) is 10.8. The molecule has 0 saturated carbocycles. The van der Waals surface area contributed by atoms with Crippen molar-refractivity contribution in [2.75, 3.05) is 0 Å². The third-order valence-electron chi connectivity index (χ3n) is 6.18. The number of hydrogen-bond acceptors (Lipinski definition) is 1. The van der Waals surface area contributed by atoms with Gasteiger partial charge in [-0.3, -0.25) is 0 Å². The van der Waals surface area contributed by atoms with E-state index in [1.165, 1.54) is 61.9 Å². The molecular formula is C25H25NS. The van der Waals surface area contributed by atoms with Gasteiger partial charge in [-0.1, -0.05) is 36.4 Å². The molecule has 0 spiro atoms. The molecule has 2 aromatic heterocycles. The Hall–Kier alpha value is -2.32. The predicted molar refractivity (Wildman–Crippen MR) is 120 cm³/mol. The van der Waals surface area contributed by atoms with Crippen molar-refractivity contribution in [2.45, 2.75) is 46.6 Å². The van der Waals surface area contributed by atoms with E-state index in [9.17, 15) is 0 Å². The third-order valence-corrected chi connectivity index (χ3v) is 7.52. The summed E-state index contributed by atoms with van der Waals surface area (Å²) < 4.78 is 3.89. The second-order valence-electron chi connectivity index (χ2n) is 7.58. The molecule has 1 nitrogen and oxygen atoms in total. The molecule has 27 heavy (non-hydrogen) atoms. The van der Waals surface area contributed by atoms with E-state index in [1.54, 1.807) is 11.1 Å². The van der Waals surface area contributed by atoms with E-state index in [1.807, 2.05) is 11.3 Å². The normalized spacial score (nSPS) is 14.8. The van der Waals surface area contributed by atoms with Gasteiger partial charge in [0.05, 0.1) is 0 Å². The Morgan fingerprint density at radius 2 is 1.59 bits per heavy atom. The van der Waals surface area contributed by atoms with Crippen molar-refractivity contribution >= 4 is 43.5 Å². The number of thiophene rings is 1. The van der Waals surface area contributed by atoms with Gasteiger partial charge in [0.2, 0.25) is 0 Å². The van der Waals surface area contributed by atoms with Gasteiger partial charge in [-0.05, 0) is 74.3 Å². The predicted octanol–water partition coefficient (Wildman–Crippen LogP) is 7.59. The lowest BCUT2D eigenvalue weighted by Gasteiger charge is -2.10. The van der Waals surface area contributed by atoms with E-state index in [0.29, 0.717) is 0 Å². The second kappa shape index (κ2) is 6.38. The minimum Gasteiger partial charge on any atom is -0.345 e. The average molecular weight is 372 g/mol. The number of fused-ring (bicyclic) bond motifs is 2. The summed E-state index contributed by atoms with van der Waals surface area (Å²) in [4.78, 5) is 1.51. The highest BCUT2D eigenvalue weighted by atomic mass is 32.1. The SMILES string of the molecule is CCn1c(C)c(C2=C(c3sc4ccccc4c3C)CCC2)c2ccccc21.